The summed E-state index contributed by atoms with van der Waals surface area (Å²) < 4.78 is 37.0. The highest BCUT2D eigenvalue weighted by Gasteiger charge is 2.32. The first-order valence-corrected chi connectivity index (χ1v) is 7.28. The minimum Gasteiger partial charge on any atom is -0.369 e. The normalized spacial score (nSPS) is 18.8. The standard InChI is InChI=1S/C15H22F3N3/c1-2-14(19)12-3-5-13(6-4-12)21-9-7-20(8-10-21)11-15(16,17)18/h3-6,14H,2,7-11,19H2,1H3/t14-/m0/s1. The molecule has 1 heterocycles. The number of nitrogens with zero attached hydrogens (tertiary/aromatic N) is 2. The van der Waals surface area contributed by atoms with Crippen LogP contribution in [-0.4, -0.2) is 43.8 Å². The number of nitrogens with two attached hydrogens (primary N) is 1. The number of halogens is 3. The van der Waals surface area contributed by atoms with Crippen LogP contribution < -0.4 is 10.6 Å². The largest absolute Gasteiger partial charge is 0.401 e. The monoisotopic (exact) mass is 301 g/mol. The summed E-state index contributed by atoms with van der Waals surface area (Å²) in [7, 11) is 0. The van der Waals surface area contributed by atoms with Crippen LogP contribution >= 0.6 is 0 Å². The van der Waals surface area contributed by atoms with E-state index in [4.69, 9.17) is 5.73 Å². The molecule has 1 aliphatic heterocycles. The number of hydrogen-bond acceptors (Lipinski definition) is 3. The number of alkyl halides is 3. The van der Waals surface area contributed by atoms with Crippen LogP contribution in [0.15, 0.2) is 24.3 Å². The molecular weight excluding hydrogens is 279 g/mol. The maximum atomic E-state index is 12.3. The van der Waals surface area contributed by atoms with E-state index in [9.17, 15) is 13.2 Å². The molecule has 0 bridgehead atoms. The number of hydrogen-bond donors (Lipinski definition) is 1. The molecule has 21 heavy (non-hydrogen) atoms. The molecule has 0 aliphatic carbocycles. The fourth-order valence-corrected chi connectivity index (χ4v) is 2.59. The van der Waals surface area contributed by atoms with Gasteiger partial charge in [-0.05, 0) is 24.1 Å². The first-order chi connectivity index (χ1) is 9.89. The highest BCUT2D eigenvalue weighted by atomic mass is 19.4. The van der Waals surface area contributed by atoms with Crippen LogP contribution in [0.1, 0.15) is 24.9 Å². The molecule has 1 aromatic rings. The average Bonchev–Trinajstić information content (AvgIpc) is 2.46. The van der Waals surface area contributed by atoms with Crippen LogP contribution in [0.3, 0.4) is 0 Å². The zero-order valence-electron chi connectivity index (χ0n) is 12.2. The lowest BCUT2D eigenvalue weighted by atomic mass is 10.0. The predicted molar refractivity (Wildman–Crippen MR) is 78.4 cm³/mol. The van der Waals surface area contributed by atoms with Gasteiger partial charge in [-0.1, -0.05) is 19.1 Å². The van der Waals surface area contributed by atoms with E-state index in [0.29, 0.717) is 26.2 Å². The summed E-state index contributed by atoms with van der Waals surface area (Å²) in [5.74, 6) is 0. The van der Waals surface area contributed by atoms with Gasteiger partial charge in [-0.2, -0.15) is 13.2 Å². The molecule has 0 aromatic heterocycles. The Kier molecular flexibility index (Phi) is 5.11. The summed E-state index contributed by atoms with van der Waals surface area (Å²) in [5, 5.41) is 0. The second-order valence-electron chi connectivity index (χ2n) is 5.48. The molecule has 6 heteroatoms. The van der Waals surface area contributed by atoms with Gasteiger partial charge in [0, 0.05) is 37.9 Å². The van der Waals surface area contributed by atoms with Gasteiger partial charge in [0.25, 0.3) is 0 Å². The van der Waals surface area contributed by atoms with Gasteiger partial charge in [-0.15, -0.1) is 0 Å². The van der Waals surface area contributed by atoms with Crippen molar-refractivity contribution in [1.82, 2.24) is 4.90 Å². The van der Waals surface area contributed by atoms with Gasteiger partial charge in [0.2, 0.25) is 0 Å². The van der Waals surface area contributed by atoms with Crippen LogP contribution in [-0.2, 0) is 0 Å². The van der Waals surface area contributed by atoms with E-state index in [0.717, 1.165) is 17.7 Å². The van der Waals surface area contributed by atoms with E-state index in [-0.39, 0.29) is 6.04 Å². The SMILES string of the molecule is CC[C@H](N)c1ccc(N2CCN(CC(F)(F)F)CC2)cc1. The van der Waals surface area contributed by atoms with Gasteiger partial charge in [0.1, 0.15) is 0 Å². The first-order valence-electron chi connectivity index (χ1n) is 7.28. The van der Waals surface area contributed by atoms with Crippen molar-refractivity contribution >= 4 is 5.69 Å². The van der Waals surface area contributed by atoms with Crippen LogP contribution in [0.25, 0.3) is 0 Å². The molecule has 0 spiro atoms. The molecule has 0 amide bonds. The summed E-state index contributed by atoms with van der Waals surface area (Å²) in [5.41, 5.74) is 8.12. The maximum Gasteiger partial charge on any atom is 0.401 e. The molecule has 1 saturated heterocycles. The molecule has 1 aliphatic rings. The third-order valence-electron chi connectivity index (χ3n) is 3.90. The van der Waals surface area contributed by atoms with E-state index in [2.05, 4.69) is 4.90 Å². The smallest absolute Gasteiger partial charge is 0.369 e. The lowest BCUT2D eigenvalue weighted by Gasteiger charge is -2.36. The molecule has 0 radical (unpaired) electrons. The van der Waals surface area contributed by atoms with Gasteiger partial charge in [0.05, 0.1) is 6.54 Å². The Hall–Kier alpha value is -1.27. The zero-order valence-corrected chi connectivity index (χ0v) is 12.2. The molecule has 3 nitrogen and oxygen atoms in total. The maximum absolute atomic E-state index is 12.3. The molecule has 118 valence electrons. The van der Waals surface area contributed by atoms with E-state index in [1.54, 1.807) is 0 Å². The van der Waals surface area contributed by atoms with Crippen molar-refractivity contribution in [1.29, 1.82) is 0 Å². The molecule has 1 fully saturated rings. The Balaban J connectivity index is 1.90. The second-order valence-corrected chi connectivity index (χ2v) is 5.48. The lowest BCUT2D eigenvalue weighted by molar-refractivity contribution is -0.146. The van der Waals surface area contributed by atoms with Gasteiger partial charge in [-0.3, -0.25) is 4.90 Å². The van der Waals surface area contributed by atoms with Crippen molar-refractivity contribution in [3.63, 3.8) is 0 Å². The lowest BCUT2D eigenvalue weighted by Crippen LogP contribution is -2.49. The molecular formula is C15H22F3N3. The van der Waals surface area contributed by atoms with Crippen molar-refractivity contribution in [3.05, 3.63) is 29.8 Å². The molecule has 1 aromatic carbocycles. The first kappa shape index (κ1) is 16.1. The van der Waals surface area contributed by atoms with E-state index < -0.39 is 12.7 Å². The van der Waals surface area contributed by atoms with Gasteiger partial charge in [0.15, 0.2) is 0 Å². The van der Waals surface area contributed by atoms with Gasteiger partial charge in [-0.25, -0.2) is 0 Å². The third kappa shape index (κ3) is 4.61. The van der Waals surface area contributed by atoms with Crippen LogP contribution in [0.2, 0.25) is 0 Å². The van der Waals surface area contributed by atoms with Crippen molar-refractivity contribution in [2.24, 2.45) is 5.73 Å². The highest BCUT2D eigenvalue weighted by Crippen LogP contribution is 2.22. The van der Waals surface area contributed by atoms with Crippen molar-refractivity contribution < 1.29 is 13.2 Å². The summed E-state index contributed by atoms with van der Waals surface area (Å²) >= 11 is 0. The predicted octanol–water partition coefficient (Wildman–Crippen LogP) is 2.78. The van der Waals surface area contributed by atoms with E-state index >= 15 is 0 Å². The van der Waals surface area contributed by atoms with Crippen LogP contribution in [0, 0.1) is 0 Å². The van der Waals surface area contributed by atoms with Gasteiger partial charge >= 0.3 is 6.18 Å². The molecule has 0 unspecified atom stereocenters. The summed E-state index contributed by atoms with van der Waals surface area (Å²) in [6.07, 6.45) is -3.23. The summed E-state index contributed by atoms with van der Waals surface area (Å²) in [6.45, 7) is 3.35. The van der Waals surface area contributed by atoms with Crippen molar-refractivity contribution in [3.8, 4) is 0 Å². The fraction of sp³-hybridized carbons (Fsp3) is 0.600. The van der Waals surface area contributed by atoms with E-state index in [1.165, 1.54) is 4.90 Å². The van der Waals surface area contributed by atoms with Crippen molar-refractivity contribution in [2.75, 3.05) is 37.6 Å². The number of rotatable bonds is 4. The number of piperazine rings is 1. The average molecular weight is 301 g/mol. The summed E-state index contributed by atoms with van der Waals surface area (Å²) in [6, 6.07) is 8.06. The summed E-state index contributed by atoms with van der Waals surface area (Å²) in [4.78, 5) is 3.58. The third-order valence-corrected chi connectivity index (χ3v) is 3.90. The number of benzene rings is 1. The van der Waals surface area contributed by atoms with Crippen molar-refractivity contribution in [2.45, 2.75) is 25.6 Å². The number of anilines is 1. The minimum absolute atomic E-state index is 0.0442. The van der Waals surface area contributed by atoms with Crippen LogP contribution in [0.4, 0.5) is 18.9 Å². The van der Waals surface area contributed by atoms with Crippen LogP contribution in [0.5, 0.6) is 0 Å². The Morgan fingerprint density at radius 2 is 1.67 bits per heavy atom. The minimum atomic E-state index is -4.11. The Morgan fingerprint density at radius 3 is 2.14 bits per heavy atom. The Morgan fingerprint density at radius 1 is 1.10 bits per heavy atom. The highest BCUT2D eigenvalue weighted by molar-refractivity contribution is 5.48. The fourth-order valence-electron chi connectivity index (χ4n) is 2.59. The Bertz CT molecular complexity index is 436. The molecule has 1 atom stereocenters. The quantitative estimate of drug-likeness (QED) is 0.928. The Labute approximate surface area is 123 Å². The zero-order chi connectivity index (χ0) is 15.5. The van der Waals surface area contributed by atoms with E-state index in [1.807, 2.05) is 31.2 Å². The topological polar surface area (TPSA) is 32.5 Å². The molecule has 0 saturated carbocycles. The molecule has 2 rings (SSSR count). The molecule has 2 N–H and O–H groups in total. The van der Waals surface area contributed by atoms with Gasteiger partial charge < -0.3 is 10.6 Å². The second kappa shape index (κ2) is 6.66.